The van der Waals surface area contributed by atoms with Gasteiger partial charge in [0.2, 0.25) is 0 Å². The average molecular weight is 262 g/mol. The molecule has 1 heterocycles. The van der Waals surface area contributed by atoms with Crippen LogP contribution in [-0.2, 0) is 0 Å². The fraction of sp³-hybridized carbons (Fsp3) is 0.625. The minimum absolute atomic E-state index is 0.470. The van der Waals surface area contributed by atoms with Crippen molar-refractivity contribution in [1.82, 2.24) is 4.90 Å². The van der Waals surface area contributed by atoms with E-state index in [0.717, 1.165) is 18.9 Å². The van der Waals surface area contributed by atoms with Crippen molar-refractivity contribution in [3.63, 3.8) is 0 Å². The van der Waals surface area contributed by atoms with Crippen LogP contribution in [0.5, 0.6) is 5.75 Å². The highest BCUT2D eigenvalue weighted by molar-refractivity contribution is 5.27. The van der Waals surface area contributed by atoms with E-state index in [4.69, 9.17) is 10.5 Å². The van der Waals surface area contributed by atoms with Crippen molar-refractivity contribution in [2.75, 3.05) is 32.8 Å². The molecule has 1 fully saturated rings. The van der Waals surface area contributed by atoms with E-state index in [0.29, 0.717) is 18.4 Å². The largest absolute Gasteiger partial charge is 0.493 e. The van der Waals surface area contributed by atoms with E-state index >= 15 is 0 Å². The Bertz CT molecular complexity index is 394. The third-order valence-corrected chi connectivity index (χ3v) is 4.18. The van der Waals surface area contributed by atoms with Crippen molar-refractivity contribution in [3.8, 4) is 5.75 Å². The van der Waals surface area contributed by atoms with Crippen molar-refractivity contribution in [2.24, 2.45) is 17.6 Å². The zero-order valence-corrected chi connectivity index (χ0v) is 12.1. The number of likely N-dealkylation sites (tertiary alicyclic amines) is 1. The number of aryl methyl sites for hydroxylation is 1. The predicted octanol–water partition coefficient (Wildman–Crippen LogP) is 2.29. The van der Waals surface area contributed by atoms with Crippen LogP contribution in [0.15, 0.2) is 24.3 Å². The minimum Gasteiger partial charge on any atom is -0.493 e. The molecule has 0 aromatic heterocycles. The number of hydrogen-bond acceptors (Lipinski definition) is 3. The Morgan fingerprint density at radius 3 is 2.95 bits per heavy atom. The zero-order valence-electron chi connectivity index (χ0n) is 12.1. The molecule has 106 valence electrons. The first kappa shape index (κ1) is 14.4. The van der Waals surface area contributed by atoms with Gasteiger partial charge in [0.25, 0.3) is 0 Å². The van der Waals surface area contributed by atoms with E-state index in [9.17, 15) is 0 Å². The fourth-order valence-corrected chi connectivity index (χ4v) is 2.84. The molecule has 0 saturated carbocycles. The average Bonchev–Trinajstić information content (AvgIpc) is 2.88. The summed E-state index contributed by atoms with van der Waals surface area (Å²) in [5.41, 5.74) is 7.17. The Kier molecular flexibility index (Phi) is 5.23. The molecule has 3 nitrogen and oxygen atoms in total. The van der Waals surface area contributed by atoms with Gasteiger partial charge in [-0.25, -0.2) is 0 Å². The summed E-state index contributed by atoms with van der Waals surface area (Å²) < 4.78 is 5.92. The van der Waals surface area contributed by atoms with Crippen LogP contribution in [0.25, 0.3) is 0 Å². The highest BCUT2D eigenvalue weighted by Gasteiger charge is 2.28. The topological polar surface area (TPSA) is 38.5 Å². The number of ether oxygens (including phenoxy) is 1. The van der Waals surface area contributed by atoms with Gasteiger partial charge in [-0.3, -0.25) is 0 Å². The van der Waals surface area contributed by atoms with E-state index in [1.54, 1.807) is 0 Å². The molecule has 0 amide bonds. The molecule has 2 rings (SSSR count). The molecule has 0 bridgehead atoms. The molecule has 0 aliphatic carbocycles. The van der Waals surface area contributed by atoms with Gasteiger partial charge in [0.1, 0.15) is 5.75 Å². The van der Waals surface area contributed by atoms with Crippen LogP contribution in [0.3, 0.4) is 0 Å². The van der Waals surface area contributed by atoms with Crippen LogP contribution < -0.4 is 10.5 Å². The summed E-state index contributed by atoms with van der Waals surface area (Å²) in [4.78, 5) is 2.50. The summed E-state index contributed by atoms with van der Waals surface area (Å²) in [5, 5.41) is 0. The standard InChI is InChI=1S/C16H26N2O/c1-3-18-8-7-14(11-18)15(10-17)12-19-16-6-4-5-13(2)9-16/h4-6,9,14-15H,3,7-8,10-12,17H2,1-2H3. The van der Waals surface area contributed by atoms with Crippen molar-refractivity contribution >= 4 is 0 Å². The third-order valence-electron chi connectivity index (χ3n) is 4.18. The van der Waals surface area contributed by atoms with E-state index in [-0.39, 0.29) is 0 Å². The van der Waals surface area contributed by atoms with Gasteiger partial charge in [0.15, 0.2) is 0 Å². The van der Waals surface area contributed by atoms with Crippen molar-refractivity contribution < 1.29 is 4.74 Å². The summed E-state index contributed by atoms with van der Waals surface area (Å²) in [6, 6.07) is 8.23. The first-order chi connectivity index (χ1) is 9.22. The molecule has 2 atom stereocenters. The van der Waals surface area contributed by atoms with Crippen LogP contribution in [-0.4, -0.2) is 37.7 Å². The van der Waals surface area contributed by atoms with Gasteiger partial charge < -0.3 is 15.4 Å². The maximum absolute atomic E-state index is 5.94. The van der Waals surface area contributed by atoms with Gasteiger partial charge in [-0.15, -0.1) is 0 Å². The first-order valence-electron chi connectivity index (χ1n) is 7.34. The lowest BCUT2D eigenvalue weighted by molar-refractivity contribution is 0.196. The Morgan fingerprint density at radius 1 is 1.47 bits per heavy atom. The SMILES string of the molecule is CCN1CCC(C(CN)COc2cccc(C)c2)C1. The number of nitrogens with two attached hydrogens (primary N) is 1. The molecule has 1 aliphatic rings. The van der Waals surface area contributed by atoms with Gasteiger partial charge in [-0.2, -0.15) is 0 Å². The normalized spacial score (nSPS) is 21.5. The van der Waals surface area contributed by atoms with Crippen LogP contribution in [0.2, 0.25) is 0 Å². The molecule has 2 N–H and O–H groups in total. The summed E-state index contributed by atoms with van der Waals surface area (Å²) in [7, 11) is 0. The van der Waals surface area contributed by atoms with Gasteiger partial charge in [-0.1, -0.05) is 19.1 Å². The number of rotatable bonds is 6. The Balaban J connectivity index is 1.86. The zero-order chi connectivity index (χ0) is 13.7. The van der Waals surface area contributed by atoms with Gasteiger partial charge in [-0.05, 0) is 56.6 Å². The number of nitrogens with zero attached hydrogens (tertiary/aromatic N) is 1. The maximum Gasteiger partial charge on any atom is 0.119 e. The maximum atomic E-state index is 5.94. The fourth-order valence-electron chi connectivity index (χ4n) is 2.84. The molecule has 1 aromatic carbocycles. The molecule has 19 heavy (non-hydrogen) atoms. The second kappa shape index (κ2) is 6.92. The summed E-state index contributed by atoms with van der Waals surface area (Å²) in [6.07, 6.45) is 1.26. The third kappa shape index (κ3) is 3.95. The number of hydrogen-bond donors (Lipinski definition) is 1. The Hall–Kier alpha value is -1.06. The molecule has 1 aromatic rings. The van der Waals surface area contributed by atoms with Crippen LogP contribution in [0.1, 0.15) is 18.9 Å². The predicted molar refractivity (Wildman–Crippen MR) is 79.4 cm³/mol. The van der Waals surface area contributed by atoms with E-state index in [1.807, 2.05) is 12.1 Å². The lowest BCUT2D eigenvalue weighted by Gasteiger charge is -2.22. The van der Waals surface area contributed by atoms with Gasteiger partial charge in [0, 0.05) is 12.5 Å². The molecular weight excluding hydrogens is 236 g/mol. The van der Waals surface area contributed by atoms with Crippen molar-refractivity contribution in [3.05, 3.63) is 29.8 Å². The summed E-state index contributed by atoms with van der Waals surface area (Å²) >= 11 is 0. The highest BCUT2D eigenvalue weighted by atomic mass is 16.5. The quantitative estimate of drug-likeness (QED) is 0.855. The first-order valence-corrected chi connectivity index (χ1v) is 7.34. The molecule has 0 radical (unpaired) electrons. The van der Waals surface area contributed by atoms with Crippen molar-refractivity contribution in [1.29, 1.82) is 0 Å². The second-order valence-electron chi connectivity index (χ2n) is 5.57. The molecule has 2 unspecified atom stereocenters. The molecule has 1 saturated heterocycles. The summed E-state index contributed by atoms with van der Waals surface area (Å²) in [6.45, 7) is 9.30. The van der Waals surface area contributed by atoms with Crippen LogP contribution in [0, 0.1) is 18.8 Å². The Morgan fingerprint density at radius 2 is 2.32 bits per heavy atom. The van der Waals surface area contributed by atoms with E-state index < -0.39 is 0 Å². The summed E-state index contributed by atoms with van der Waals surface area (Å²) in [5.74, 6) is 2.12. The lowest BCUT2D eigenvalue weighted by Crippen LogP contribution is -2.31. The van der Waals surface area contributed by atoms with Crippen molar-refractivity contribution in [2.45, 2.75) is 20.3 Å². The number of benzene rings is 1. The second-order valence-corrected chi connectivity index (χ2v) is 5.57. The van der Waals surface area contributed by atoms with E-state index in [1.165, 1.54) is 25.1 Å². The van der Waals surface area contributed by atoms with Gasteiger partial charge in [0.05, 0.1) is 6.61 Å². The van der Waals surface area contributed by atoms with Crippen LogP contribution >= 0.6 is 0 Å². The Labute approximate surface area is 116 Å². The lowest BCUT2D eigenvalue weighted by atomic mass is 9.92. The molecular formula is C16H26N2O. The minimum atomic E-state index is 0.470. The smallest absolute Gasteiger partial charge is 0.119 e. The van der Waals surface area contributed by atoms with Gasteiger partial charge >= 0.3 is 0 Å². The molecule has 1 aliphatic heterocycles. The molecule has 0 spiro atoms. The molecule has 3 heteroatoms. The monoisotopic (exact) mass is 262 g/mol. The highest BCUT2D eigenvalue weighted by Crippen LogP contribution is 2.24. The van der Waals surface area contributed by atoms with E-state index in [2.05, 4.69) is 30.9 Å². The van der Waals surface area contributed by atoms with Crippen LogP contribution in [0.4, 0.5) is 0 Å².